The van der Waals surface area contributed by atoms with Crippen molar-refractivity contribution in [1.29, 1.82) is 0 Å². The zero-order chi connectivity index (χ0) is 20.7. The summed E-state index contributed by atoms with van der Waals surface area (Å²) in [7, 11) is 0. The average molecular weight is 397 g/mol. The van der Waals surface area contributed by atoms with E-state index in [1.54, 1.807) is 6.92 Å². The summed E-state index contributed by atoms with van der Waals surface area (Å²) >= 11 is 0. The van der Waals surface area contributed by atoms with Gasteiger partial charge in [-0.2, -0.15) is 0 Å². The monoisotopic (exact) mass is 397 g/mol. The standard InChI is InChI=1S/C17H23N3O8/c1-3-26-16(21)17(2,11-28-15-6-4-5-9-27-15)18-13-8-7-12(19(22)23)10-14(13)20(24)25/h7-8,10,15,18H,3-6,9,11H2,1-2H3/t15?,17-/m0/s1. The molecule has 2 atom stereocenters. The number of non-ortho nitro benzene ring substituents is 1. The van der Waals surface area contributed by atoms with Crippen LogP contribution in [-0.4, -0.2) is 47.5 Å². The van der Waals surface area contributed by atoms with Crippen LogP contribution in [0.5, 0.6) is 0 Å². The SMILES string of the molecule is CCOC(=O)[C@](C)(COC1CCCCO1)Nc1ccc([N+](=O)[O-])cc1[N+](=O)[O-]. The first-order valence-electron chi connectivity index (χ1n) is 8.88. The highest BCUT2D eigenvalue weighted by molar-refractivity contribution is 5.85. The number of carbonyl (C=O) groups excluding carboxylic acids is 1. The van der Waals surface area contributed by atoms with Crippen LogP contribution >= 0.6 is 0 Å². The first kappa shape index (κ1) is 21.5. The van der Waals surface area contributed by atoms with Gasteiger partial charge in [0, 0.05) is 12.7 Å². The molecule has 1 N–H and O–H groups in total. The van der Waals surface area contributed by atoms with E-state index < -0.39 is 39.0 Å². The Balaban J connectivity index is 2.27. The quantitative estimate of drug-likeness (QED) is 0.378. The van der Waals surface area contributed by atoms with Crippen LogP contribution in [-0.2, 0) is 19.0 Å². The Hall–Kier alpha value is -2.79. The zero-order valence-corrected chi connectivity index (χ0v) is 15.7. The molecule has 154 valence electrons. The minimum atomic E-state index is -1.46. The van der Waals surface area contributed by atoms with Gasteiger partial charge in [0.25, 0.3) is 11.4 Å². The number of ether oxygens (including phenoxy) is 3. The van der Waals surface area contributed by atoms with Gasteiger partial charge in [0.05, 0.1) is 29.1 Å². The van der Waals surface area contributed by atoms with E-state index in [9.17, 15) is 25.0 Å². The van der Waals surface area contributed by atoms with Crippen LogP contribution in [0, 0.1) is 20.2 Å². The average Bonchev–Trinajstić information content (AvgIpc) is 2.67. The fourth-order valence-electron chi connectivity index (χ4n) is 2.73. The molecule has 0 amide bonds. The Kier molecular flexibility index (Phi) is 7.24. The summed E-state index contributed by atoms with van der Waals surface area (Å²) in [5.74, 6) is -0.668. The zero-order valence-electron chi connectivity index (χ0n) is 15.7. The summed E-state index contributed by atoms with van der Waals surface area (Å²) in [6.45, 7) is 3.63. The second kappa shape index (κ2) is 9.42. The van der Waals surface area contributed by atoms with Crippen molar-refractivity contribution < 1.29 is 28.9 Å². The smallest absolute Gasteiger partial charge is 0.333 e. The Morgan fingerprint density at radius 1 is 1.32 bits per heavy atom. The number of rotatable bonds is 9. The lowest BCUT2D eigenvalue weighted by atomic mass is 10.0. The molecule has 1 heterocycles. The van der Waals surface area contributed by atoms with Gasteiger partial charge in [-0.3, -0.25) is 20.2 Å². The van der Waals surface area contributed by atoms with Gasteiger partial charge in [-0.05, 0) is 39.2 Å². The minimum Gasteiger partial charge on any atom is -0.464 e. The van der Waals surface area contributed by atoms with E-state index in [1.807, 2.05) is 0 Å². The van der Waals surface area contributed by atoms with Gasteiger partial charge >= 0.3 is 5.97 Å². The van der Waals surface area contributed by atoms with E-state index in [2.05, 4.69) is 5.32 Å². The molecule has 0 aliphatic carbocycles. The van der Waals surface area contributed by atoms with Crippen LogP contribution < -0.4 is 5.32 Å². The van der Waals surface area contributed by atoms with Gasteiger partial charge < -0.3 is 19.5 Å². The van der Waals surface area contributed by atoms with Crippen molar-refractivity contribution in [3.05, 3.63) is 38.4 Å². The highest BCUT2D eigenvalue weighted by atomic mass is 16.7. The predicted octanol–water partition coefficient (Wildman–Crippen LogP) is 2.78. The number of hydrogen-bond donors (Lipinski definition) is 1. The van der Waals surface area contributed by atoms with Crippen LogP contribution in [0.4, 0.5) is 17.1 Å². The molecule has 1 saturated heterocycles. The third-order valence-electron chi connectivity index (χ3n) is 4.22. The van der Waals surface area contributed by atoms with Crippen molar-refractivity contribution in [2.75, 3.05) is 25.1 Å². The van der Waals surface area contributed by atoms with E-state index in [0.717, 1.165) is 25.0 Å². The van der Waals surface area contributed by atoms with Crippen LogP contribution in [0.3, 0.4) is 0 Å². The predicted molar refractivity (Wildman–Crippen MR) is 98.0 cm³/mol. The lowest BCUT2D eigenvalue weighted by molar-refractivity contribution is -0.393. The summed E-state index contributed by atoms with van der Waals surface area (Å²) in [6, 6.07) is 3.13. The number of hydrogen-bond acceptors (Lipinski definition) is 9. The number of nitro groups is 2. The molecule has 2 rings (SSSR count). The maximum atomic E-state index is 12.5. The first-order chi connectivity index (χ1) is 13.3. The van der Waals surface area contributed by atoms with Crippen molar-refractivity contribution in [2.24, 2.45) is 0 Å². The lowest BCUT2D eigenvalue weighted by Crippen LogP contribution is -2.50. The third-order valence-corrected chi connectivity index (χ3v) is 4.22. The number of anilines is 1. The third kappa shape index (κ3) is 5.36. The molecule has 28 heavy (non-hydrogen) atoms. The van der Waals surface area contributed by atoms with Crippen molar-refractivity contribution in [3.63, 3.8) is 0 Å². The number of benzene rings is 1. The number of nitrogens with one attached hydrogen (secondary N) is 1. The van der Waals surface area contributed by atoms with Gasteiger partial charge in [-0.1, -0.05) is 0 Å². The van der Waals surface area contributed by atoms with Gasteiger partial charge in [0.1, 0.15) is 5.69 Å². The highest BCUT2D eigenvalue weighted by Gasteiger charge is 2.38. The highest BCUT2D eigenvalue weighted by Crippen LogP contribution is 2.32. The maximum Gasteiger partial charge on any atom is 0.333 e. The van der Waals surface area contributed by atoms with Gasteiger partial charge in [0.15, 0.2) is 11.8 Å². The Morgan fingerprint density at radius 3 is 2.64 bits per heavy atom. The molecule has 1 unspecified atom stereocenters. The van der Waals surface area contributed by atoms with Crippen LogP contribution in [0.25, 0.3) is 0 Å². The molecule has 0 spiro atoms. The summed E-state index contributed by atoms with van der Waals surface area (Å²) < 4.78 is 16.2. The van der Waals surface area contributed by atoms with Gasteiger partial charge in [-0.25, -0.2) is 4.79 Å². The molecule has 1 aliphatic rings. The number of nitrogens with zero attached hydrogens (tertiary/aromatic N) is 2. The number of nitro benzene ring substituents is 2. The minimum absolute atomic E-state index is 0.0562. The molecule has 0 radical (unpaired) electrons. The van der Waals surface area contributed by atoms with Crippen LogP contribution in [0.15, 0.2) is 18.2 Å². The Morgan fingerprint density at radius 2 is 2.07 bits per heavy atom. The lowest BCUT2D eigenvalue weighted by Gasteiger charge is -2.32. The van der Waals surface area contributed by atoms with E-state index in [1.165, 1.54) is 13.0 Å². The van der Waals surface area contributed by atoms with Crippen LogP contribution in [0.2, 0.25) is 0 Å². The first-order valence-corrected chi connectivity index (χ1v) is 8.88. The largest absolute Gasteiger partial charge is 0.464 e. The second-order valence-corrected chi connectivity index (χ2v) is 6.50. The van der Waals surface area contributed by atoms with Crippen molar-refractivity contribution in [2.45, 2.75) is 44.9 Å². The van der Waals surface area contributed by atoms with E-state index in [-0.39, 0.29) is 18.9 Å². The molecule has 1 aromatic rings. The molecule has 1 fully saturated rings. The second-order valence-electron chi connectivity index (χ2n) is 6.50. The molecule has 0 saturated carbocycles. The molecule has 1 aliphatic heterocycles. The summed E-state index contributed by atoms with van der Waals surface area (Å²) in [5, 5.41) is 25.0. The number of esters is 1. The van der Waals surface area contributed by atoms with E-state index in [0.29, 0.717) is 13.0 Å². The molecule has 11 heteroatoms. The fraction of sp³-hybridized carbons (Fsp3) is 0.588. The summed E-state index contributed by atoms with van der Waals surface area (Å²) in [5.41, 5.74) is -2.47. The van der Waals surface area contributed by atoms with Crippen molar-refractivity contribution >= 4 is 23.0 Å². The van der Waals surface area contributed by atoms with Crippen molar-refractivity contribution in [3.8, 4) is 0 Å². The molecule has 0 aromatic heterocycles. The molecular weight excluding hydrogens is 374 g/mol. The molecular formula is C17H23N3O8. The van der Waals surface area contributed by atoms with Crippen molar-refractivity contribution in [1.82, 2.24) is 0 Å². The van der Waals surface area contributed by atoms with E-state index in [4.69, 9.17) is 14.2 Å². The normalized spacial score (nSPS) is 18.7. The molecule has 1 aromatic carbocycles. The van der Waals surface area contributed by atoms with Crippen LogP contribution in [0.1, 0.15) is 33.1 Å². The topological polar surface area (TPSA) is 143 Å². The summed E-state index contributed by atoms with van der Waals surface area (Å²) in [6.07, 6.45) is 2.07. The Bertz CT molecular complexity index is 735. The summed E-state index contributed by atoms with van der Waals surface area (Å²) in [4.78, 5) is 33.3. The maximum absolute atomic E-state index is 12.5. The molecule has 11 nitrogen and oxygen atoms in total. The molecule has 0 bridgehead atoms. The van der Waals surface area contributed by atoms with E-state index >= 15 is 0 Å². The van der Waals surface area contributed by atoms with Gasteiger partial charge in [0.2, 0.25) is 0 Å². The number of carbonyl (C=O) groups is 1. The Labute approximate surface area is 161 Å². The van der Waals surface area contributed by atoms with Gasteiger partial charge in [-0.15, -0.1) is 0 Å². The fourth-order valence-corrected chi connectivity index (χ4v) is 2.73.